The van der Waals surface area contributed by atoms with Crippen molar-refractivity contribution >= 4 is 5.91 Å². The summed E-state index contributed by atoms with van der Waals surface area (Å²) in [7, 11) is 2.01. The average molecular weight is 264 g/mol. The van der Waals surface area contributed by atoms with Crippen LogP contribution in [0.4, 0.5) is 0 Å². The predicted octanol–water partition coefficient (Wildman–Crippen LogP) is 0.865. The molecule has 1 N–H and O–H groups in total. The van der Waals surface area contributed by atoms with Crippen molar-refractivity contribution in [3.63, 3.8) is 0 Å². The van der Waals surface area contributed by atoms with Crippen molar-refractivity contribution in [3.05, 3.63) is 17.0 Å². The van der Waals surface area contributed by atoms with Crippen LogP contribution in [0.25, 0.3) is 0 Å². The summed E-state index contributed by atoms with van der Waals surface area (Å²) in [4.78, 5) is 13.8. The highest BCUT2D eigenvalue weighted by atomic mass is 16.2. The molecule has 106 valence electrons. The van der Waals surface area contributed by atoms with E-state index in [4.69, 9.17) is 0 Å². The van der Waals surface area contributed by atoms with E-state index >= 15 is 0 Å². The highest BCUT2D eigenvalue weighted by Gasteiger charge is 2.24. The molecule has 0 spiro atoms. The zero-order valence-corrected chi connectivity index (χ0v) is 12.4. The molecular formula is C14H24N4O. The summed E-state index contributed by atoms with van der Waals surface area (Å²) in [6, 6.07) is 0.230. The van der Waals surface area contributed by atoms with E-state index in [1.54, 1.807) is 0 Å². The fraction of sp³-hybridized carbons (Fsp3) is 0.714. The first-order valence-corrected chi connectivity index (χ1v) is 7.10. The maximum atomic E-state index is 11.6. The lowest BCUT2D eigenvalue weighted by Gasteiger charge is -2.31. The number of hydrogen-bond acceptors (Lipinski definition) is 3. The van der Waals surface area contributed by atoms with E-state index in [9.17, 15) is 4.79 Å². The number of carbonyl (C=O) groups is 1. The highest BCUT2D eigenvalue weighted by Crippen LogP contribution is 2.18. The topological polar surface area (TPSA) is 50.2 Å². The smallest absolute Gasteiger partial charge is 0.234 e. The zero-order chi connectivity index (χ0) is 14.0. The van der Waals surface area contributed by atoms with E-state index in [1.807, 2.05) is 11.7 Å². The molecule has 1 amide bonds. The van der Waals surface area contributed by atoms with Crippen LogP contribution in [0.2, 0.25) is 0 Å². The summed E-state index contributed by atoms with van der Waals surface area (Å²) in [5, 5.41) is 7.55. The lowest BCUT2D eigenvalue weighted by molar-refractivity contribution is -0.125. The number of nitrogens with one attached hydrogen (secondary N) is 1. The molecule has 1 saturated heterocycles. The van der Waals surface area contributed by atoms with E-state index in [0.29, 0.717) is 6.54 Å². The van der Waals surface area contributed by atoms with Gasteiger partial charge in [-0.15, -0.1) is 0 Å². The van der Waals surface area contributed by atoms with Gasteiger partial charge in [-0.1, -0.05) is 13.8 Å². The lowest BCUT2D eigenvalue weighted by atomic mass is 10.1. The number of rotatable bonds is 4. The second-order valence-electron chi connectivity index (χ2n) is 5.34. The molecule has 19 heavy (non-hydrogen) atoms. The summed E-state index contributed by atoms with van der Waals surface area (Å²) in [6.45, 7) is 8.58. The number of aryl methyl sites for hydroxylation is 2. The predicted molar refractivity (Wildman–Crippen MR) is 74.8 cm³/mol. The van der Waals surface area contributed by atoms with E-state index in [2.05, 4.69) is 36.1 Å². The Balaban J connectivity index is 2.20. The van der Waals surface area contributed by atoms with Crippen LogP contribution in [0, 0.1) is 0 Å². The molecule has 1 aliphatic heterocycles. The minimum absolute atomic E-state index is 0.124. The number of amides is 1. The Kier molecular flexibility index (Phi) is 4.24. The van der Waals surface area contributed by atoms with Crippen LogP contribution in [0.3, 0.4) is 0 Å². The minimum atomic E-state index is 0.124. The quantitative estimate of drug-likeness (QED) is 0.878. The first kappa shape index (κ1) is 14.1. The summed E-state index contributed by atoms with van der Waals surface area (Å²) < 4.78 is 1.99. The summed E-state index contributed by atoms with van der Waals surface area (Å²) in [6.07, 6.45) is 1.92. The van der Waals surface area contributed by atoms with Gasteiger partial charge in [-0.25, -0.2) is 0 Å². The van der Waals surface area contributed by atoms with Gasteiger partial charge in [-0.2, -0.15) is 5.10 Å². The molecule has 1 aromatic rings. The summed E-state index contributed by atoms with van der Waals surface area (Å²) in [5.41, 5.74) is 3.77. The van der Waals surface area contributed by atoms with Gasteiger partial charge in [0.1, 0.15) is 0 Å². The van der Waals surface area contributed by atoms with Crippen LogP contribution < -0.4 is 5.32 Å². The second kappa shape index (κ2) is 5.74. The Bertz CT molecular complexity index is 466. The van der Waals surface area contributed by atoms with Crippen LogP contribution in [0.1, 0.15) is 37.7 Å². The SMILES string of the molecule is CCc1nn(C)c(CC)c1CN1CC(=O)NC(C)C1. The van der Waals surface area contributed by atoms with Crippen LogP contribution in [0.15, 0.2) is 0 Å². The maximum Gasteiger partial charge on any atom is 0.234 e. The fourth-order valence-electron chi connectivity index (χ4n) is 2.94. The van der Waals surface area contributed by atoms with Gasteiger partial charge in [0.2, 0.25) is 5.91 Å². The molecule has 2 rings (SSSR count). The lowest BCUT2D eigenvalue weighted by Crippen LogP contribution is -2.52. The molecule has 5 nitrogen and oxygen atoms in total. The molecule has 0 aromatic carbocycles. The molecule has 0 saturated carbocycles. The van der Waals surface area contributed by atoms with E-state index in [1.165, 1.54) is 11.3 Å². The largest absolute Gasteiger partial charge is 0.351 e. The Morgan fingerprint density at radius 1 is 1.37 bits per heavy atom. The van der Waals surface area contributed by atoms with E-state index < -0.39 is 0 Å². The first-order chi connectivity index (χ1) is 9.05. The molecule has 1 unspecified atom stereocenters. The monoisotopic (exact) mass is 264 g/mol. The standard InChI is InChI=1S/C14H24N4O/c1-5-12-11(13(6-2)17(4)16-12)8-18-7-10(3)15-14(19)9-18/h10H,5-9H2,1-4H3,(H,15,19). The van der Waals surface area contributed by atoms with E-state index in [0.717, 1.165) is 31.6 Å². The van der Waals surface area contributed by atoms with Crippen molar-refractivity contribution in [2.45, 2.75) is 46.2 Å². The van der Waals surface area contributed by atoms with E-state index in [-0.39, 0.29) is 11.9 Å². The van der Waals surface area contributed by atoms with Gasteiger partial charge in [0.05, 0.1) is 12.2 Å². The van der Waals surface area contributed by atoms with Crippen molar-refractivity contribution in [2.24, 2.45) is 7.05 Å². The van der Waals surface area contributed by atoms with Crippen LogP contribution in [-0.2, 0) is 31.2 Å². The molecule has 0 bridgehead atoms. The van der Waals surface area contributed by atoms with Gasteiger partial charge < -0.3 is 5.32 Å². The molecule has 2 heterocycles. The van der Waals surface area contributed by atoms with Crippen molar-refractivity contribution in [2.75, 3.05) is 13.1 Å². The molecule has 0 aliphatic carbocycles. The fourth-order valence-corrected chi connectivity index (χ4v) is 2.94. The van der Waals surface area contributed by atoms with Crippen molar-refractivity contribution in [1.82, 2.24) is 20.0 Å². The Labute approximate surface area is 115 Å². The molecule has 0 radical (unpaired) electrons. The first-order valence-electron chi connectivity index (χ1n) is 7.10. The number of piperazine rings is 1. The number of carbonyl (C=O) groups excluding carboxylic acids is 1. The van der Waals surface area contributed by atoms with Gasteiger partial charge in [-0.05, 0) is 19.8 Å². The minimum Gasteiger partial charge on any atom is -0.351 e. The van der Waals surface area contributed by atoms with Gasteiger partial charge in [-0.3, -0.25) is 14.4 Å². The summed E-state index contributed by atoms with van der Waals surface area (Å²) >= 11 is 0. The molecular weight excluding hydrogens is 240 g/mol. The number of aromatic nitrogens is 2. The molecule has 5 heteroatoms. The van der Waals surface area contributed by atoms with Gasteiger partial charge >= 0.3 is 0 Å². The third-order valence-corrected chi connectivity index (χ3v) is 3.72. The molecule has 1 fully saturated rings. The second-order valence-corrected chi connectivity index (χ2v) is 5.34. The number of hydrogen-bond donors (Lipinski definition) is 1. The van der Waals surface area contributed by atoms with Gasteiger partial charge in [0.25, 0.3) is 0 Å². The normalized spacial score (nSPS) is 20.6. The molecule has 1 aliphatic rings. The molecule has 1 atom stereocenters. The Morgan fingerprint density at radius 2 is 2.11 bits per heavy atom. The Hall–Kier alpha value is -1.36. The van der Waals surface area contributed by atoms with Crippen molar-refractivity contribution < 1.29 is 4.79 Å². The number of nitrogens with zero attached hydrogens (tertiary/aromatic N) is 3. The third-order valence-electron chi connectivity index (χ3n) is 3.72. The van der Waals surface area contributed by atoms with Crippen molar-refractivity contribution in [3.8, 4) is 0 Å². The zero-order valence-electron chi connectivity index (χ0n) is 12.4. The van der Waals surface area contributed by atoms with Crippen LogP contribution in [-0.4, -0.2) is 39.7 Å². The van der Waals surface area contributed by atoms with Crippen LogP contribution in [0.5, 0.6) is 0 Å². The van der Waals surface area contributed by atoms with Gasteiger partial charge in [0, 0.05) is 37.4 Å². The average Bonchev–Trinajstić information content (AvgIpc) is 2.63. The van der Waals surface area contributed by atoms with Crippen LogP contribution >= 0.6 is 0 Å². The maximum absolute atomic E-state index is 11.6. The molecule has 1 aromatic heterocycles. The third kappa shape index (κ3) is 2.97. The summed E-state index contributed by atoms with van der Waals surface area (Å²) in [5.74, 6) is 0.124. The Morgan fingerprint density at radius 3 is 2.68 bits per heavy atom. The van der Waals surface area contributed by atoms with Gasteiger partial charge in [0.15, 0.2) is 0 Å². The van der Waals surface area contributed by atoms with Crippen molar-refractivity contribution in [1.29, 1.82) is 0 Å². The highest BCUT2D eigenvalue weighted by molar-refractivity contribution is 5.79.